The van der Waals surface area contributed by atoms with Gasteiger partial charge in [0.05, 0.1) is 6.61 Å². The summed E-state index contributed by atoms with van der Waals surface area (Å²) in [4.78, 5) is 27.0. The fraction of sp³-hybridized carbons (Fsp3) is 0.310. The van der Waals surface area contributed by atoms with Crippen LogP contribution in [-0.4, -0.2) is 36.2 Å². The van der Waals surface area contributed by atoms with Crippen molar-refractivity contribution < 1.29 is 18.7 Å². The molecule has 1 aliphatic rings. The first kappa shape index (κ1) is 23.8. The number of ketones is 2. The predicted molar refractivity (Wildman–Crippen MR) is 131 cm³/mol. The fourth-order valence-electron chi connectivity index (χ4n) is 4.63. The van der Waals surface area contributed by atoms with Gasteiger partial charge in [-0.2, -0.15) is 0 Å². The van der Waals surface area contributed by atoms with Crippen molar-refractivity contribution in [2.24, 2.45) is 5.92 Å². The minimum absolute atomic E-state index is 0.0266. The Morgan fingerprint density at radius 1 is 1.00 bits per heavy atom. The molecule has 2 unspecified atom stereocenters. The molecular weight excluding hydrogens is 429 g/mol. The summed E-state index contributed by atoms with van der Waals surface area (Å²) in [7, 11) is 0. The quantitative estimate of drug-likeness (QED) is 0.376. The molecule has 0 radical (unpaired) electrons. The first-order valence-electron chi connectivity index (χ1n) is 11.8. The summed E-state index contributed by atoms with van der Waals surface area (Å²) >= 11 is 0. The summed E-state index contributed by atoms with van der Waals surface area (Å²) in [6, 6.07) is 22.9. The van der Waals surface area contributed by atoms with E-state index < -0.39 is 0 Å². The molecule has 3 aromatic carbocycles. The van der Waals surface area contributed by atoms with E-state index in [1.165, 1.54) is 12.1 Å². The highest BCUT2D eigenvalue weighted by Crippen LogP contribution is 2.30. The summed E-state index contributed by atoms with van der Waals surface area (Å²) in [6.45, 7) is 3.84. The van der Waals surface area contributed by atoms with Crippen LogP contribution in [0.5, 0.6) is 5.75 Å². The summed E-state index contributed by atoms with van der Waals surface area (Å²) < 4.78 is 19.5. The van der Waals surface area contributed by atoms with Crippen molar-refractivity contribution in [2.45, 2.75) is 32.2 Å². The molecule has 1 heterocycles. The molecule has 0 N–H and O–H groups in total. The second kappa shape index (κ2) is 11.2. The lowest BCUT2D eigenvalue weighted by molar-refractivity contribution is -0.118. The molecule has 176 valence electrons. The maximum Gasteiger partial charge on any atom is 0.193 e. The summed E-state index contributed by atoms with van der Waals surface area (Å²) in [5.41, 5.74) is 2.22. The van der Waals surface area contributed by atoms with Gasteiger partial charge in [0.1, 0.15) is 17.3 Å². The van der Waals surface area contributed by atoms with E-state index in [2.05, 4.69) is 4.90 Å². The molecule has 0 saturated carbocycles. The van der Waals surface area contributed by atoms with Gasteiger partial charge in [-0.3, -0.25) is 14.5 Å². The zero-order valence-corrected chi connectivity index (χ0v) is 19.5. The van der Waals surface area contributed by atoms with E-state index in [4.69, 9.17) is 4.74 Å². The average Bonchev–Trinajstić information content (AvgIpc) is 2.87. The van der Waals surface area contributed by atoms with Crippen LogP contribution in [0.2, 0.25) is 0 Å². The molecule has 3 aromatic rings. The maximum atomic E-state index is 13.4. The molecule has 0 amide bonds. The Morgan fingerprint density at radius 3 is 2.47 bits per heavy atom. The molecule has 4 rings (SSSR count). The van der Waals surface area contributed by atoms with E-state index in [0.717, 1.165) is 31.5 Å². The summed E-state index contributed by atoms with van der Waals surface area (Å²) in [6.07, 6.45) is 2.45. The van der Waals surface area contributed by atoms with Crippen LogP contribution in [0.1, 0.15) is 53.7 Å². The van der Waals surface area contributed by atoms with Crippen LogP contribution < -0.4 is 4.74 Å². The van der Waals surface area contributed by atoms with Gasteiger partial charge in [0.25, 0.3) is 0 Å². The highest BCUT2D eigenvalue weighted by Gasteiger charge is 2.28. The van der Waals surface area contributed by atoms with Gasteiger partial charge in [-0.1, -0.05) is 54.6 Å². The van der Waals surface area contributed by atoms with Gasteiger partial charge >= 0.3 is 0 Å². The van der Waals surface area contributed by atoms with Gasteiger partial charge in [0, 0.05) is 36.1 Å². The number of Topliss-reactive ketones (excluding diaryl/α,β-unsaturated/α-hetero) is 1. The second-order valence-corrected chi connectivity index (χ2v) is 9.01. The number of likely N-dealkylation sites (tertiary alicyclic amines) is 1. The minimum Gasteiger partial charge on any atom is -0.493 e. The third-order valence-corrected chi connectivity index (χ3v) is 6.34. The zero-order valence-electron chi connectivity index (χ0n) is 19.5. The number of carbonyl (C=O) groups excluding carboxylic acids is 2. The SMILES string of the molecule is CC(=O)CC(c1ccc(F)cc1)N1CCCC(COc2cccc(C(=O)c3ccccc3)c2)C1. The van der Waals surface area contributed by atoms with E-state index in [9.17, 15) is 14.0 Å². The number of nitrogens with zero attached hydrogens (tertiary/aromatic N) is 1. The maximum absolute atomic E-state index is 13.4. The van der Waals surface area contributed by atoms with Gasteiger partial charge < -0.3 is 4.74 Å². The van der Waals surface area contributed by atoms with Crippen molar-refractivity contribution in [3.8, 4) is 5.75 Å². The van der Waals surface area contributed by atoms with Crippen LogP contribution in [0.15, 0.2) is 78.9 Å². The number of rotatable bonds is 9. The Morgan fingerprint density at radius 2 is 1.74 bits per heavy atom. The molecule has 0 aliphatic carbocycles. The Bertz CT molecular complexity index is 1110. The summed E-state index contributed by atoms with van der Waals surface area (Å²) in [5, 5.41) is 0. The monoisotopic (exact) mass is 459 g/mol. The van der Waals surface area contributed by atoms with Gasteiger partial charge in [-0.05, 0) is 56.1 Å². The van der Waals surface area contributed by atoms with Crippen LogP contribution in [0.3, 0.4) is 0 Å². The molecule has 0 bridgehead atoms. The third-order valence-electron chi connectivity index (χ3n) is 6.34. The molecule has 34 heavy (non-hydrogen) atoms. The Balaban J connectivity index is 1.40. The molecule has 1 fully saturated rings. The van der Waals surface area contributed by atoms with Crippen molar-refractivity contribution in [1.82, 2.24) is 4.90 Å². The molecule has 0 aromatic heterocycles. The largest absolute Gasteiger partial charge is 0.493 e. The number of carbonyl (C=O) groups is 2. The number of hydrogen-bond donors (Lipinski definition) is 0. The van der Waals surface area contributed by atoms with Crippen LogP contribution >= 0.6 is 0 Å². The number of halogens is 1. The second-order valence-electron chi connectivity index (χ2n) is 9.01. The van der Waals surface area contributed by atoms with Crippen LogP contribution in [0.25, 0.3) is 0 Å². The topological polar surface area (TPSA) is 46.6 Å². The first-order valence-corrected chi connectivity index (χ1v) is 11.8. The molecular formula is C29H30FNO3. The van der Waals surface area contributed by atoms with Crippen LogP contribution in [-0.2, 0) is 4.79 Å². The third kappa shape index (κ3) is 6.17. The van der Waals surface area contributed by atoms with Crippen molar-refractivity contribution in [2.75, 3.05) is 19.7 Å². The number of ether oxygens (including phenoxy) is 1. The van der Waals surface area contributed by atoms with E-state index in [1.54, 1.807) is 31.2 Å². The molecule has 5 heteroatoms. The van der Waals surface area contributed by atoms with Crippen molar-refractivity contribution in [3.05, 3.63) is 101 Å². The van der Waals surface area contributed by atoms with E-state index in [1.807, 2.05) is 42.5 Å². The van der Waals surface area contributed by atoms with E-state index in [0.29, 0.717) is 35.8 Å². The van der Waals surface area contributed by atoms with E-state index >= 15 is 0 Å². The fourth-order valence-corrected chi connectivity index (χ4v) is 4.63. The van der Waals surface area contributed by atoms with Crippen molar-refractivity contribution in [1.29, 1.82) is 0 Å². The van der Waals surface area contributed by atoms with Gasteiger partial charge in [-0.25, -0.2) is 4.39 Å². The Kier molecular flexibility index (Phi) is 7.86. The van der Waals surface area contributed by atoms with E-state index in [-0.39, 0.29) is 23.4 Å². The van der Waals surface area contributed by atoms with Crippen LogP contribution in [0, 0.1) is 11.7 Å². The molecule has 4 nitrogen and oxygen atoms in total. The highest BCUT2D eigenvalue weighted by atomic mass is 19.1. The van der Waals surface area contributed by atoms with Gasteiger partial charge in [-0.15, -0.1) is 0 Å². The molecule has 1 saturated heterocycles. The molecule has 0 spiro atoms. The lowest BCUT2D eigenvalue weighted by atomic mass is 9.93. The van der Waals surface area contributed by atoms with Crippen molar-refractivity contribution >= 4 is 11.6 Å². The van der Waals surface area contributed by atoms with Gasteiger partial charge in [0.2, 0.25) is 0 Å². The molecule has 1 aliphatic heterocycles. The predicted octanol–water partition coefficient (Wildman–Crippen LogP) is 5.87. The first-order chi connectivity index (χ1) is 16.5. The standard InChI is InChI=1S/C29H30FNO3/c1-21(32)17-28(23-12-14-26(30)15-13-23)31-16-6-7-22(19-31)20-34-27-11-5-10-25(18-27)29(33)24-8-3-2-4-9-24/h2-5,8-15,18,22,28H,6-7,16-17,19-20H2,1H3. The molecule has 2 atom stereocenters. The van der Waals surface area contributed by atoms with Gasteiger partial charge in [0.15, 0.2) is 5.78 Å². The Hall–Kier alpha value is -3.31. The number of piperidine rings is 1. The normalized spacial score (nSPS) is 17.2. The lowest BCUT2D eigenvalue weighted by Crippen LogP contribution is -2.40. The van der Waals surface area contributed by atoms with Crippen LogP contribution in [0.4, 0.5) is 4.39 Å². The smallest absolute Gasteiger partial charge is 0.193 e. The highest BCUT2D eigenvalue weighted by molar-refractivity contribution is 6.09. The lowest BCUT2D eigenvalue weighted by Gasteiger charge is -2.38. The summed E-state index contributed by atoms with van der Waals surface area (Å²) in [5.74, 6) is 0.798. The number of hydrogen-bond acceptors (Lipinski definition) is 4. The Labute approximate surface area is 200 Å². The zero-order chi connectivity index (χ0) is 23.9. The average molecular weight is 460 g/mol. The number of benzene rings is 3. The van der Waals surface area contributed by atoms with Crippen molar-refractivity contribution in [3.63, 3.8) is 0 Å². The minimum atomic E-state index is -0.275.